The highest BCUT2D eigenvalue weighted by molar-refractivity contribution is 5.92. The van der Waals surface area contributed by atoms with E-state index in [2.05, 4.69) is 10.3 Å². The van der Waals surface area contributed by atoms with E-state index in [9.17, 15) is 9.59 Å². The second kappa shape index (κ2) is 5.27. The summed E-state index contributed by atoms with van der Waals surface area (Å²) in [6.07, 6.45) is 2.57. The van der Waals surface area contributed by atoms with Gasteiger partial charge in [0, 0.05) is 12.7 Å². The Balaban J connectivity index is 1.99. The summed E-state index contributed by atoms with van der Waals surface area (Å²) in [5.74, 6) is -0.0966. The van der Waals surface area contributed by atoms with Gasteiger partial charge in [-0.2, -0.15) is 5.26 Å². The van der Waals surface area contributed by atoms with E-state index in [0.29, 0.717) is 18.6 Å². The maximum absolute atomic E-state index is 11.9. The van der Waals surface area contributed by atoms with Gasteiger partial charge in [0.2, 0.25) is 12.3 Å². The average Bonchev–Trinajstić information content (AvgIpc) is 2.83. The Labute approximate surface area is 104 Å². The number of nitriles is 1. The molecule has 0 saturated carbocycles. The van der Waals surface area contributed by atoms with Gasteiger partial charge in [-0.05, 0) is 18.6 Å². The number of likely N-dealkylation sites (tertiary alicyclic amines) is 1. The van der Waals surface area contributed by atoms with E-state index in [1.165, 1.54) is 4.90 Å². The van der Waals surface area contributed by atoms with Crippen molar-refractivity contribution in [2.75, 3.05) is 11.9 Å². The number of anilines is 1. The predicted octanol–water partition coefficient (Wildman–Crippen LogP) is 0.391. The van der Waals surface area contributed by atoms with Crippen LogP contribution in [0, 0.1) is 17.2 Å². The van der Waals surface area contributed by atoms with Crippen LogP contribution in [0.1, 0.15) is 6.42 Å². The van der Waals surface area contributed by atoms with Crippen LogP contribution in [0.15, 0.2) is 24.4 Å². The number of amides is 2. The number of hydrogen-bond acceptors (Lipinski definition) is 4. The first-order chi connectivity index (χ1) is 8.74. The lowest BCUT2D eigenvalue weighted by molar-refractivity contribution is -0.120. The smallest absolute Gasteiger partial charge is 0.230 e. The van der Waals surface area contributed by atoms with Crippen molar-refractivity contribution in [3.63, 3.8) is 0 Å². The summed E-state index contributed by atoms with van der Waals surface area (Å²) in [6, 6.07) is 6.71. The zero-order valence-electron chi connectivity index (χ0n) is 9.61. The zero-order valence-corrected chi connectivity index (χ0v) is 9.61. The summed E-state index contributed by atoms with van der Waals surface area (Å²) < 4.78 is 0. The quantitative estimate of drug-likeness (QED) is 0.779. The van der Waals surface area contributed by atoms with Crippen molar-refractivity contribution in [1.29, 1.82) is 5.26 Å². The van der Waals surface area contributed by atoms with Crippen LogP contribution in [0.25, 0.3) is 0 Å². The number of rotatable bonds is 3. The number of carbonyl (C=O) groups is 2. The summed E-state index contributed by atoms with van der Waals surface area (Å²) in [4.78, 5) is 28.0. The molecule has 2 amide bonds. The first kappa shape index (κ1) is 12.0. The monoisotopic (exact) mass is 244 g/mol. The van der Waals surface area contributed by atoms with Crippen LogP contribution in [0.3, 0.4) is 0 Å². The van der Waals surface area contributed by atoms with Crippen molar-refractivity contribution in [3.8, 4) is 6.07 Å². The van der Waals surface area contributed by atoms with Gasteiger partial charge in [0.05, 0.1) is 12.0 Å². The van der Waals surface area contributed by atoms with E-state index >= 15 is 0 Å². The molecule has 6 nitrogen and oxygen atoms in total. The summed E-state index contributed by atoms with van der Waals surface area (Å²) in [5, 5.41) is 11.5. The number of aromatic nitrogens is 1. The molecule has 2 heterocycles. The van der Waals surface area contributed by atoms with Crippen molar-refractivity contribution in [2.24, 2.45) is 5.92 Å². The van der Waals surface area contributed by atoms with Gasteiger partial charge in [-0.1, -0.05) is 6.07 Å². The maximum Gasteiger partial charge on any atom is 0.230 e. The number of hydrogen-bond donors (Lipinski definition) is 1. The highest BCUT2D eigenvalue weighted by atomic mass is 16.2. The summed E-state index contributed by atoms with van der Waals surface area (Å²) in [5.41, 5.74) is 0. The van der Waals surface area contributed by atoms with Crippen LogP contribution in [0.5, 0.6) is 0 Å². The fraction of sp³-hybridized carbons (Fsp3) is 0.333. The minimum absolute atomic E-state index is 0.210. The molecule has 18 heavy (non-hydrogen) atoms. The molecule has 1 aromatic rings. The molecule has 0 radical (unpaired) electrons. The van der Waals surface area contributed by atoms with Crippen LogP contribution in [0.2, 0.25) is 0 Å². The molecule has 1 aromatic heterocycles. The SMILES string of the molecule is N#CC1CC(C(=O)Nc2ccccn2)CN1C=O. The third-order valence-electron chi connectivity index (χ3n) is 2.91. The van der Waals surface area contributed by atoms with E-state index in [-0.39, 0.29) is 18.4 Å². The second-order valence-electron chi connectivity index (χ2n) is 4.08. The standard InChI is InChI=1S/C12H12N4O2/c13-6-10-5-9(7-16(10)8-17)12(18)15-11-3-1-2-4-14-11/h1-4,8-10H,5,7H2,(H,14,15,18). The zero-order chi connectivity index (χ0) is 13.0. The Morgan fingerprint density at radius 2 is 2.44 bits per heavy atom. The van der Waals surface area contributed by atoms with Gasteiger partial charge >= 0.3 is 0 Å². The van der Waals surface area contributed by atoms with Gasteiger partial charge in [0.25, 0.3) is 0 Å². The fourth-order valence-electron chi connectivity index (χ4n) is 1.96. The Hall–Kier alpha value is -2.42. The molecule has 2 unspecified atom stereocenters. The van der Waals surface area contributed by atoms with Gasteiger partial charge in [-0.25, -0.2) is 4.98 Å². The van der Waals surface area contributed by atoms with Gasteiger partial charge in [-0.3, -0.25) is 9.59 Å². The van der Waals surface area contributed by atoms with Crippen LogP contribution in [0.4, 0.5) is 5.82 Å². The van der Waals surface area contributed by atoms with Gasteiger partial charge in [0.1, 0.15) is 11.9 Å². The van der Waals surface area contributed by atoms with E-state index in [4.69, 9.17) is 5.26 Å². The molecule has 1 fully saturated rings. The molecule has 0 spiro atoms. The lowest BCUT2D eigenvalue weighted by Gasteiger charge is -2.11. The molecular formula is C12H12N4O2. The Morgan fingerprint density at radius 1 is 1.61 bits per heavy atom. The molecule has 1 aliphatic heterocycles. The van der Waals surface area contributed by atoms with Crippen LogP contribution in [-0.4, -0.2) is 34.8 Å². The maximum atomic E-state index is 11.9. The molecule has 6 heteroatoms. The molecule has 1 saturated heterocycles. The molecule has 92 valence electrons. The van der Waals surface area contributed by atoms with Crippen LogP contribution >= 0.6 is 0 Å². The van der Waals surface area contributed by atoms with Gasteiger partial charge in [-0.15, -0.1) is 0 Å². The Morgan fingerprint density at radius 3 is 3.00 bits per heavy atom. The highest BCUT2D eigenvalue weighted by Crippen LogP contribution is 2.22. The Bertz CT molecular complexity index is 483. The van der Waals surface area contributed by atoms with Crippen molar-refractivity contribution in [1.82, 2.24) is 9.88 Å². The van der Waals surface area contributed by atoms with Gasteiger partial charge < -0.3 is 10.2 Å². The number of nitrogens with zero attached hydrogens (tertiary/aromatic N) is 3. The average molecular weight is 244 g/mol. The minimum atomic E-state index is -0.512. The lowest BCUT2D eigenvalue weighted by Crippen LogP contribution is -2.28. The van der Waals surface area contributed by atoms with Crippen LogP contribution < -0.4 is 5.32 Å². The van der Waals surface area contributed by atoms with E-state index in [0.717, 1.165) is 0 Å². The second-order valence-corrected chi connectivity index (χ2v) is 4.08. The van der Waals surface area contributed by atoms with E-state index < -0.39 is 6.04 Å². The molecule has 2 rings (SSSR count). The largest absolute Gasteiger partial charge is 0.328 e. The molecular weight excluding hydrogens is 232 g/mol. The minimum Gasteiger partial charge on any atom is -0.328 e. The van der Waals surface area contributed by atoms with E-state index in [1.54, 1.807) is 24.4 Å². The Kier molecular flexibility index (Phi) is 3.53. The third-order valence-corrected chi connectivity index (χ3v) is 2.91. The first-order valence-corrected chi connectivity index (χ1v) is 5.57. The molecule has 0 aliphatic carbocycles. The molecule has 1 aliphatic rings. The van der Waals surface area contributed by atoms with Crippen molar-refractivity contribution in [2.45, 2.75) is 12.5 Å². The summed E-state index contributed by atoms with van der Waals surface area (Å²) >= 11 is 0. The highest BCUT2D eigenvalue weighted by Gasteiger charge is 2.35. The molecule has 0 aromatic carbocycles. The number of pyridine rings is 1. The number of nitrogens with one attached hydrogen (secondary N) is 1. The molecule has 1 N–H and O–H groups in total. The molecule has 2 atom stereocenters. The predicted molar refractivity (Wildman–Crippen MR) is 63.1 cm³/mol. The normalized spacial score (nSPS) is 22.3. The number of carbonyl (C=O) groups excluding carboxylic acids is 2. The topological polar surface area (TPSA) is 86.1 Å². The summed E-state index contributed by atoms with van der Waals surface area (Å²) in [6.45, 7) is 0.278. The molecule has 0 bridgehead atoms. The van der Waals surface area contributed by atoms with Crippen molar-refractivity contribution >= 4 is 18.1 Å². The fourth-order valence-corrected chi connectivity index (χ4v) is 1.96. The lowest BCUT2D eigenvalue weighted by atomic mass is 10.1. The summed E-state index contributed by atoms with van der Waals surface area (Å²) in [7, 11) is 0. The van der Waals surface area contributed by atoms with Crippen molar-refractivity contribution in [3.05, 3.63) is 24.4 Å². The van der Waals surface area contributed by atoms with Gasteiger partial charge in [0.15, 0.2) is 0 Å². The van der Waals surface area contributed by atoms with E-state index in [1.807, 2.05) is 6.07 Å². The first-order valence-electron chi connectivity index (χ1n) is 5.57. The third kappa shape index (κ3) is 2.46. The van der Waals surface area contributed by atoms with Crippen LogP contribution in [-0.2, 0) is 9.59 Å². The van der Waals surface area contributed by atoms with Crippen molar-refractivity contribution < 1.29 is 9.59 Å².